The maximum absolute atomic E-state index is 12.3. The first-order valence-corrected chi connectivity index (χ1v) is 11.2. The molecule has 4 rings (SSSR count). The summed E-state index contributed by atoms with van der Waals surface area (Å²) < 4.78 is 5.38. The summed E-state index contributed by atoms with van der Waals surface area (Å²) in [5.74, 6) is -1.96. The van der Waals surface area contributed by atoms with Crippen molar-refractivity contribution in [2.45, 2.75) is 6.92 Å². The number of hydrogen-bond donors (Lipinski definition) is 2. The van der Waals surface area contributed by atoms with Crippen LogP contribution < -0.4 is 15.5 Å². The van der Waals surface area contributed by atoms with Crippen molar-refractivity contribution in [1.82, 2.24) is 15.6 Å². The van der Waals surface area contributed by atoms with Gasteiger partial charge in [0.2, 0.25) is 5.13 Å². The quantitative estimate of drug-likeness (QED) is 0.141. The Kier molecular flexibility index (Phi) is 7.34. The van der Waals surface area contributed by atoms with Gasteiger partial charge in [-0.2, -0.15) is 5.10 Å². The van der Waals surface area contributed by atoms with Gasteiger partial charge >= 0.3 is 17.8 Å². The first-order valence-electron chi connectivity index (χ1n) is 10.4. The Labute approximate surface area is 204 Å². The third-order valence-electron chi connectivity index (χ3n) is 4.71. The molecular formula is C25H19N5O4S. The monoisotopic (exact) mass is 485 g/mol. The number of nitrogens with one attached hydrogen (secondary N) is 2. The number of aromatic nitrogens is 2. The number of rotatable bonds is 6. The van der Waals surface area contributed by atoms with E-state index in [4.69, 9.17) is 4.74 Å². The maximum Gasteiger partial charge on any atom is 0.343 e. The van der Waals surface area contributed by atoms with Crippen LogP contribution in [0.2, 0.25) is 0 Å². The summed E-state index contributed by atoms with van der Waals surface area (Å²) >= 11 is 1.15. The highest BCUT2D eigenvalue weighted by molar-refractivity contribution is 7.18. The fraction of sp³-hybridized carbons (Fsp3) is 0.0400. The number of aryl methyl sites for hydroxylation is 1. The number of nitrogens with zero attached hydrogens (tertiary/aromatic N) is 3. The minimum absolute atomic E-state index is 0.198. The minimum Gasteiger partial charge on any atom is -0.423 e. The smallest absolute Gasteiger partial charge is 0.343 e. The van der Waals surface area contributed by atoms with Crippen LogP contribution in [0.3, 0.4) is 0 Å². The van der Waals surface area contributed by atoms with Gasteiger partial charge < -0.3 is 4.74 Å². The second-order valence-electron chi connectivity index (χ2n) is 7.21. The first-order chi connectivity index (χ1) is 17.0. The maximum atomic E-state index is 12.3. The van der Waals surface area contributed by atoms with Crippen molar-refractivity contribution in [2.75, 3.05) is 5.32 Å². The van der Waals surface area contributed by atoms with Gasteiger partial charge in [-0.15, -0.1) is 10.2 Å². The third-order valence-corrected chi connectivity index (χ3v) is 5.60. The summed E-state index contributed by atoms with van der Waals surface area (Å²) in [6, 6.07) is 23.0. The summed E-state index contributed by atoms with van der Waals surface area (Å²) in [5.41, 5.74) is 4.95. The first kappa shape index (κ1) is 23.5. The van der Waals surface area contributed by atoms with E-state index in [9.17, 15) is 14.4 Å². The molecule has 0 atom stereocenters. The fourth-order valence-electron chi connectivity index (χ4n) is 2.93. The van der Waals surface area contributed by atoms with Gasteiger partial charge in [-0.25, -0.2) is 10.2 Å². The van der Waals surface area contributed by atoms with Gasteiger partial charge in [0.15, 0.2) is 0 Å². The molecule has 0 bridgehead atoms. The molecule has 0 radical (unpaired) electrons. The van der Waals surface area contributed by atoms with E-state index in [1.807, 2.05) is 49.4 Å². The van der Waals surface area contributed by atoms with Crippen LogP contribution in [0.5, 0.6) is 5.75 Å². The Morgan fingerprint density at radius 2 is 1.60 bits per heavy atom. The number of benzene rings is 3. The van der Waals surface area contributed by atoms with E-state index in [-0.39, 0.29) is 5.13 Å². The van der Waals surface area contributed by atoms with Crippen LogP contribution in [0.1, 0.15) is 21.5 Å². The number of esters is 1. The summed E-state index contributed by atoms with van der Waals surface area (Å²) in [7, 11) is 0. The highest BCUT2D eigenvalue weighted by Crippen LogP contribution is 2.25. The largest absolute Gasteiger partial charge is 0.423 e. The van der Waals surface area contributed by atoms with Crippen molar-refractivity contribution in [3.05, 3.63) is 95.6 Å². The van der Waals surface area contributed by atoms with Gasteiger partial charge in [0.05, 0.1) is 11.8 Å². The summed E-state index contributed by atoms with van der Waals surface area (Å²) in [6.07, 6.45) is 1.36. The zero-order valence-electron chi connectivity index (χ0n) is 18.5. The van der Waals surface area contributed by atoms with Crippen LogP contribution in [0.4, 0.5) is 5.13 Å². The van der Waals surface area contributed by atoms with Crippen LogP contribution in [-0.4, -0.2) is 34.2 Å². The molecule has 0 saturated heterocycles. The molecule has 10 heteroatoms. The normalized spacial score (nSPS) is 10.7. The lowest BCUT2D eigenvalue weighted by Crippen LogP contribution is -2.32. The number of carbonyl (C=O) groups is 3. The lowest BCUT2D eigenvalue weighted by molar-refractivity contribution is -0.136. The van der Waals surface area contributed by atoms with E-state index in [1.54, 1.807) is 36.4 Å². The summed E-state index contributed by atoms with van der Waals surface area (Å²) in [6.45, 7) is 1.83. The van der Waals surface area contributed by atoms with E-state index in [0.29, 0.717) is 21.9 Å². The molecule has 0 fully saturated rings. The van der Waals surface area contributed by atoms with Gasteiger partial charge in [-0.05, 0) is 48.4 Å². The van der Waals surface area contributed by atoms with Crippen LogP contribution in [0, 0.1) is 6.92 Å². The van der Waals surface area contributed by atoms with Gasteiger partial charge in [0.1, 0.15) is 10.8 Å². The van der Waals surface area contributed by atoms with Crippen LogP contribution in [0.25, 0.3) is 10.6 Å². The van der Waals surface area contributed by atoms with E-state index >= 15 is 0 Å². The topological polar surface area (TPSA) is 123 Å². The molecule has 1 heterocycles. The molecule has 9 nitrogen and oxygen atoms in total. The number of carbonyl (C=O) groups excluding carboxylic acids is 3. The van der Waals surface area contributed by atoms with Crippen LogP contribution in [-0.2, 0) is 9.59 Å². The van der Waals surface area contributed by atoms with Gasteiger partial charge in [-0.1, -0.05) is 59.9 Å². The van der Waals surface area contributed by atoms with E-state index in [0.717, 1.165) is 22.5 Å². The van der Waals surface area contributed by atoms with Crippen molar-refractivity contribution in [3.63, 3.8) is 0 Å². The van der Waals surface area contributed by atoms with Crippen LogP contribution in [0.15, 0.2) is 84.0 Å². The lowest BCUT2D eigenvalue weighted by atomic mass is 10.1. The SMILES string of the molecule is Cc1ccccc1C(=O)Oc1ccc(/C=N\NC(=O)C(=O)Nc2nnc(-c3ccccc3)s2)cc1. The van der Waals surface area contributed by atoms with Crippen molar-refractivity contribution in [1.29, 1.82) is 0 Å². The molecule has 35 heavy (non-hydrogen) atoms. The molecular weight excluding hydrogens is 466 g/mol. The Hall–Kier alpha value is -4.70. The van der Waals surface area contributed by atoms with Crippen LogP contribution >= 0.6 is 11.3 Å². The summed E-state index contributed by atoms with van der Waals surface area (Å²) in [4.78, 5) is 36.4. The van der Waals surface area contributed by atoms with Gasteiger partial charge in [0, 0.05) is 5.56 Å². The molecule has 4 aromatic rings. The average Bonchev–Trinajstić information content (AvgIpc) is 3.34. The van der Waals surface area contributed by atoms with Gasteiger partial charge in [0.25, 0.3) is 0 Å². The predicted molar refractivity (Wildman–Crippen MR) is 132 cm³/mol. The number of hydrogen-bond acceptors (Lipinski definition) is 8. The zero-order chi connectivity index (χ0) is 24.6. The van der Waals surface area contributed by atoms with E-state index in [1.165, 1.54) is 6.21 Å². The van der Waals surface area contributed by atoms with Crippen molar-refractivity contribution >= 4 is 40.5 Å². The molecule has 2 N–H and O–H groups in total. The van der Waals surface area contributed by atoms with E-state index in [2.05, 4.69) is 26.0 Å². The molecule has 1 aromatic heterocycles. The fourth-order valence-corrected chi connectivity index (χ4v) is 3.67. The number of hydrazone groups is 1. The van der Waals surface area contributed by atoms with Gasteiger partial charge in [-0.3, -0.25) is 14.9 Å². The number of amides is 2. The zero-order valence-corrected chi connectivity index (χ0v) is 19.3. The molecule has 0 unspecified atom stereocenters. The molecule has 3 aromatic carbocycles. The molecule has 0 saturated carbocycles. The standard InChI is InChI=1S/C25H19N5O4S/c1-16-7-5-6-10-20(16)24(33)34-19-13-11-17(12-14-19)15-26-28-22(32)21(31)27-25-30-29-23(35-25)18-8-3-2-4-9-18/h2-15H,1H3,(H,28,32)(H,27,30,31)/b26-15-. The molecule has 0 aliphatic carbocycles. The second kappa shape index (κ2) is 10.9. The van der Waals surface area contributed by atoms with Crippen molar-refractivity contribution in [3.8, 4) is 16.3 Å². The second-order valence-corrected chi connectivity index (χ2v) is 8.18. The summed E-state index contributed by atoms with van der Waals surface area (Å²) in [5, 5.41) is 14.9. The van der Waals surface area contributed by atoms with Crippen molar-refractivity contribution in [2.24, 2.45) is 5.10 Å². The third kappa shape index (κ3) is 6.21. The number of ether oxygens (including phenoxy) is 1. The predicted octanol–water partition coefficient (Wildman–Crippen LogP) is 3.82. The Morgan fingerprint density at radius 1 is 0.886 bits per heavy atom. The van der Waals surface area contributed by atoms with E-state index < -0.39 is 17.8 Å². The highest BCUT2D eigenvalue weighted by atomic mass is 32.1. The minimum atomic E-state index is -0.957. The highest BCUT2D eigenvalue weighted by Gasteiger charge is 2.16. The Balaban J connectivity index is 1.27. The molecule has 2 amide bonds. The lowest BCUT2D eigenvalue weighted by Gasteiger charge is -2.06. The van der Waals surface area contributed by atoms with Crippen molar-refractivity contribution < 1.29 is 19.1 Å². The Morgan fingerprint density at radius 3 is 2.34 bits per heavy atom. The Bertz CT molecular complexity index is 1380. The molecule has 0 aliphatic heterocycles. The molecule has 0 aliphatic rings. The molecule has 174 valence electrons. The number of anilines is 1. The average molecular weight is 486 g/mol. The molecule has 0 spiro atoms.